The Morgan fingerprint density at radius 2 is 2.22 bits per heavy atom. The van der Waals surface area contributed by atoms with E-state index in [1.54, 1.807) is 0 Å². The second kappa shape index (κ2) is 5.80. The van der Waals surface area contributed by atoms with E-state index in [4.69, 9.17) is 4.74 Å². The molecule has 100 valence electrons. The van der Waals surface area contributed by atoms with E-state index >= 15 is 0 Å². The summed E-state index contributed by atoms with van der Waals surface area (Å²) in [5, 5.41) is 3.30. The van der Waals surface area contributed by atoms with E-state index in [0.29, 0.717) is 11.7 Å². The minimum Gasteiger partial charge on any atom is -0.472 e. The van der Waals surface area contributed by atoms with Crippen molar-refractivity contribution >= 4 is 12.4 Å². The summed E-state index contributed by atoms with van der Waals surface area (Å²) in [7, 11) is 0. The van der Waals surface area contributed by atoms with Crippen LogP contribution in [0, 0.1) is 11.7 Å². The van der Waals surface area contributed by atoms with E-state index in [0.717, 1.165) is 38.8 Å². The van der Waals surface area contributed by atoms with E-state index in [1.807, 2.05) is 0 Å². The number of nitrogens with one attached hydrogen (secondary N) is 1. The molecule has 1 atom stereocenters. The molecule has 1 aromatic rings. The number of ether oxygens (including phenoxy) is 1. The second-order valence-corrected chi connectivity index (χ2v) is 4.82. The van der Waals surface area contributed by atoms with Crippen LogP contribution in [0.2, 0.25) is 0 Å². The monoisotopic (exact) mass is 273 g/mol. The summed E-state index contributed by atoms with van der Waals surface area (Å²) >= 11 is 0. The molecule has 1 aliphatic carbocycles. The average Bonchev–Trinajstić information content (AvgIpc) is 2.98. The first-order chi connectivity index (χ1) is 8.31. The van der Waals surface area contributed by atoms with Crippen molar-refractivity contribution in [2.45, 2.75) is 31.8 Å². The third kappa shape index (κ3) is 3.29. The summed E-state index contributed by atoms with van der Waals surface area (Å²) in [6.07, 6.45) is 5.34. The van der Waals surface area contributed by atoms with Crippen LogP contribution < -0.4 is 10.1 Å². The molecule has 0 unspecified atom stereocenters. The molecular weight excluding hydrogens is 257 g/mol. The van der Waals surface area contributed by atoms with Crippen LogP contribution in [0.3, 0.4) is 0 Å². The zero-order valence-electron chi connectivity index (χ0n) is 10.1. The van der Waals surface area contributed by atoms with Gasteiger partial charge in [0, 0.05) is 6.42 Å². The quantitative estimate of drug-likeness (QED) is 0.908. The van der Waals surface area contributed by atoms with Crippen LogP contribution in [0.4, 0.5) is 4.39 Å². The van der Waals surface area contributed by atoms with Crippen LogP contribution in [-0.4, -0.2) is 29.2 Å². The smallest absolute Gasteiger partial charge is 0.254 e. The number of nitrogens with zero attached hydrogens (tertiary/aromatic N) is 2. The second-order valence-electron chi connectivity index (χ2n) is 4.82. The molecule has 2 aliphatic rings. The summed E-state index contributed by atoms with van der Waals surface area (Å²) < 4.78 is 18.8. The van der Waals surface area contributed by atoms with E-state index < -0.39 is 5.82 Å². The fraction of sp³-hybridized carbons (Fsp3) is 0.667. The van der Waals surface area contributed by atoms with Gasteiger partial charge in [0.2, 0.25) is 5.82 Å². The lowest BCUT2D eigenvalue weighted by Gasteiger charge is -2.09. The van der Waals surface area contributed by atoms with Gasteiger partial charge in [0.05, 0.1) is 6.20 Å². The third-order valence-corrected chi connectivity index (χ3v) is 3.20. The standard InChI is InChI=1S/C12H16FN3O.ClH/c13-10-7-15-11(5-8-3-4-14-6-8)16-12(10)17-9-1-2-9;/h7-9,14H,1-6H2;1H/t8-;/m0./s1. The van der Waals surface area contributed by atoms with Gasteiger partial charge in [-0.25, -0.2) is 4.98 Å². The van der Waals surface area contributed by atoms with Gasteiger partial charge in [0.1, 0.15) is 11.9 Å². The first kappa shape index (κ1) is 13.5. The fourth-order valence-electron chi connectivity index (χ4n) is 2.06. The molecule has 1 aliphatic heterocycles. The molecule has 2 heterocycles. The maximum absolute atomic E-state index is 13.4. The zero-order valence-corrected chi connectivity index (χ0v) is 10.9. The third-order valence-electron chi connectivity index (χ3n) is 3.20. The molecule has 4 nitrogen and oxygen atoms in total. The number of aromatic nitrogens is 2. The minimum absolute atomic E-state index is 0. The highest BCUT2D eigenvalue weighted by Crippen LogP contribution is 2.27. The predicted molar refractivity (Wildman–Crippen MR) is 67.6 cm³/mol. The van der Waals surface area contributed by atoms with Crippen LogP contribution in [0.15, 0.2) is 6.20 Å². The molecule has 2 fully saturated rings. The average molecular weight is 274 g/mol. The summed E-state index contributed by atoms with van der Waals surface area (Å²) in [4.78, 5) is 8.22. The van der Waals surface area contributed by atoms with Crippen LogP contribution in [0.1, 0.15) is 25.1 Å². The maximum Gasteiger partial charge on any atom is 0.254 e. The normalized spacial score (nSPS) is 22.6. The molecule has 1 N–H and O–H groups in total. The van der Waals surface area contributed by atoms with Crippen molar-refractivity contribution < 1.29 is 9.13 Å². The van der Waals surface area contributed by atoms with Gasteiger partial charge in [-0.05, 0) is 38.3 Å². The molecule has 1 aromatic heterocycles. The van der Waals surface area contributed by atoms with Crippen molar-refractivity contribution in [1.82, 2.24) is 15.3 Å². The van der Waals surface area contributed by atoms with Crippen LogP contribution in [0.25, 0.3) is 0 Å². The summed E-state index contributed by atoms with van der Waals surface area (Å²) in [6.45, 7) is 2.05. The summed E-state index contributed by atoms with van der Waals surface area (Å²) in [6, 6.07) is 0. The minimum atomic E-state index is -0.454. The van der Waals surface area contributed by atoms with E-state index in [1.165, 1.54) is 6.20 Å². The number of hydrogen-bond acceptors (Lipinski definition) is 4. The van der Waals surface area contributed by atoms with Gasteiger partial charge in [0.15, 0.2) is 0 Å². The molecule has 0 radical (unpaired) electrons. The highest BCUT2D eigenvalue weighted by atomic mass is 35.5. The number of hydrogen-bond donors (Lipinski definition) is 1. The van der Waals surface area contributed by atoms with Crippen LogP contribution in [-0.2, 0) is 6.42 Å². The Balaban J connectivity index is 0.00000120. The molecule has 0 bridgehead atoms. The van der Waals surface area contributed by atoms with Gasteiger partial charge in [-0.15, -0.1) is 12.4 Å². The molecular formula is C12H17ClFN3O. The Morgan fingerprint density at radius 1 is 1.39 bits per heavy atom. The number of halogens is 2. The van der Waals surface area contributed by atoms with Gasteiger partial charge in [-0.1, -0.05) is 0 Å². The van der Waals surface area contributed by atoms with Crippen LogP contribution >= 0.6 is 12.4 Å². The summed E-state index contributed by atoms with van der Waals surface area (Å²) in [5.41, 5.74) is 0. The molecule has 18 heavy (non-hydrogen) atoms. The van der Waals surface area contributed by atoms with Crippen LogP contribution in [0.5, 0.6) is 5.88 Å². The van der Waals surface area contributed by atoms with Crippen molar-refractivity contribution in [3.63, 3.8) is 0 Å². The van der Waals surface area contributed by atoms with E-state index in [-0.39, 0.29) is 24.4 Å². The van der Waals surface area contributed by atoms with Crippen molar-refractivity contribution in [1.29, 1.82) is 0 Å². The van der Waals surface area contributed by atoms with Crippen molar-refractivity contribution in [3.05, 3.63) is 17.8 Å². The predicted octanol–water partition coefficient (Wildman–Crippen LogP) is 1.73. The fourth-order valence-corrected chi connectivity index (χ4v) is 2.06. The van der Waals surface area contributed by atoms with Crippen molar-refractivity contribution in [2.24, 2.45) is 5.92 Å². The lowest BCUT2D eigenvalue weighted by Crippen LogP contribution is -2.13. The molecule has 0 amide bonds. The zero-order chi connectivity index (χ0) is 11.7. The largest absolute Gasteiger partial charge is 0.472 e. The highest BCUT2D eigenvalue weighted by molar-refractivity contribution is 5.85. The lowest BCUT2D eigenvalue weighted by atomic mass is 10.0. The van der Waals surface area contributed by atoms with E-state index in [2.05, 4.69) is 15.3 Å². The molecule has 1 saturated heterocycles. The van der Waals surface area contributed by atoms with Gasteiger partial charge < -0.3 is 10.1 Å². The van der Waals surface area contributed by atoms with Crippen molar-refractivity contribution in [2.75, 3.05) is 13.1 Å². The Labute approximate surface area is 112 Å². The molecule has 1 saturated carbocycles. The molecule has 0 spiro atoms. The first-order valence-electron chi connectivity index (χ1n) is 6.20. The van der Waals surface area contributed by atoms with Gasteiger partial charge in [0.25, 0.3) is 5.88 Å². The van der Waals surface area contributed by atoms with Gasteiger partial charge in [-0.3, -0.25) is 0 Å². The maximum atomic E-state index is 13.4. The molecule has 6 heteroatoms. The Morgan fingerprint density at radius 3 is 2.89 bits per heavy atom. The number of rotatable bonds is 4. The Kier molecular flexibility index (Phi) is 4.35. The summed E-state index contributed by atoms with van der Waals surface area (Å²) in [5.74, 6) is 0.929. The first-order valence-corrected chi connectivity index (χ1v) is 6.20. The van der Waals surface area contributed by atoms with E-state index in [9.17, 15) is 4.39 Å². The van der Waals surface area contributed by atoms with Crippen molar-refractivity contribution in [3.8, 4) is 5.88 Å². The lowest BCUT2D eigenvalue weighted by molar-refractivity contribution is 0.272. The Bertz CT molecular complexity index is 408. The SMILES string of the molecule is Cl.Fc1cnc(C[C@@H]2CCNC2)nc1OC1CC1. The van der Waals surface area contributed by atoms with Gasteiger partial charge in [-0.2, -0.15) is 9.37 Å². The topological polar surface area (TPSA) is 47.0 Å². The highest BCUT2D eigenvalue weighted by Gasteiger charge is 2.26. The molecule has 0 aromatic carbocycles. The Hall–Kier alpha value is -0.940. The molecule has 3 rings (SSSR count). The van der Waals surface area contributed by atoms with Gasteiger partial charge >= 0.3 is 0 Å².